The molecule has 0 saturated heterocycles. The molecule has 0 aliphatic carbocycles. The van der Waals surface area contributed by atoms with E-state index in [4.69, 9.17) is 14.9 Å². The van der Waals surface area contributed by atoms with E-state index in [1.54, 1.807) is 13.4 Å². The van der Waals surface area contributed by atoms with Crippen molar-refractivity contribution in [2.24, 2.45) is 5.73 Å². The van der Waals surface area contributed by atoms with E-state index >= 15 is 0 Å². The van der Waals surface area contributed by atoms with Crippen molar-refractivity contribution in [1.82, 2.24) is 0 Å². The number of hydrogen-bond acceptors (Lipinski definition) is 3. The van der Waals surface area contributed by atoms with Crippen LogP contribution < -0.4 is 10.5 Å². The third-order valence-corrected chi connectivity index (χ3v) is 3.26. The zero-order valence-electron chi connectivity index (χ0n) is 8.58. The van der Waals surface area contributed by atoms with Gasteiger partial charge in [0.15, 0.2) is 11.3 Å². The molecule has 2 rings (SSSR count). The minimum absolute atomic E-state index is 0.0485. The van der Waals surface area contributed by atoms with Crippen molar-refractivity contribution in [2.45, 2.75) is 13.0 Å². The minimum Gasteiger partial charge on any atom is -0.493 e. The highest BCUT2D eigenvalue weighted by Crippen LogP contribution is 2.37. The van der Waals surface area contributed by atoms with Gasteiger partial charge in [0.25, 0.3) is 0 Å². The summed E-state index contributed by atoms with van der Waals surface area (Å²) in [6.07, 6.45) is 1.64. The van der Waals surface area contributed by atoms with E-state index in [1.807, 2.05) is 19.1 Å². The summed E-state index contributed by atoms with van der Waals surface area (Å²) in [6, 6.07) is 3.75. The molecule has 80 valence electrons. The summed E-state index contributed by atoms with van der Waals surface area (Å²) in [5.41, 5.74) is 7.64. The molecule has 0 amide bonds. The van der Waals surface area contributed by atoms with Gasteiger partial charge < -0.3 is 14.9 Å². The average Bonchev–Trinajstić information content (AvgIpc) is 2.67. The molecular weight excluding hydrogens is 258 g/mol. The van der Waals surface area contributed by atoms with Gasteiger partial charge in [0, 0.05) is 15.9 Å². The van der Waals surface area contributed by atoms with Gasteiger partial charge in [0.05, 0.1) is 13.4 Å². The number of furan rings is 1. The molecule has 0 radical (unpaired) electrons. The molecule has 0 bridgehead atoms. The predicted octanol–water partition coefficient (Wildman–Crippen LogP) is 3.22. The summed E-state index contributed by atoms with van der Waals surface area (Å²) in [6.45, 7) is 1.94. The molecule has 4 heteroatoms. The lowest BCUT2D eigenvalue weighted by Gasteiger charge is -2.11. The third-order valence-electron chi connectivity index (χ3n) is 2.38. The molecule has 0 aliphatic rings. The first-order chi connectivity index (χ1) is 7.15. The van der Waals surface area contributed by atoms with Crippen molar-refractivity contribution < 1.29 is 9.15 Å². The van der Waals surface area contributed by atoms with E-state index < -0.39 is 0 Å². The van der Waals surface area contributed by atoms with Crippen molar-refractivity contribution in [3.8, 4) is 5.75 Å². The molecular formula is C11H12BrNO2. The first-order valence-corrected chi connectivity index (χ1v) is 5.43. The second-order valence-corrected chi connectivity index (χ2v) is 4.23. The zero-order chi connectivity index (χ0) is 11.0. The molecule has 1 aromatic heterocycles. The fraction of sp³-hybridized carbons (Fsp3) is 0.273. The lowest BCUT2D eigenvalue weighted by Crippen LogP contribution is -2.06. The summed E-state index contributed by atoms with van der Waals surface area (Å²) in [5.74, 6) is 0.713. The quantitative estimate of drug-likeness (QED) is 0.911. The maximum absolute atomic E-state index is 5.88. The summed E-state index contributed by atoms with van der Waals surface area (Å²) in [4.78, 5) is 0. The van der Waals surface area contributed by atoms with Gasteiger partial charge in [-0.1, -0.05) is 0 Å². The second-order valence-electron chi connectivity index (χ2n) is 3.43. The second kappa shape index (κ2) is 3.87. The van der Waals surface area contributed by atoms with Crippen molar-refractivity contribution >= 4 is 26.9 Å². The molecule has 0 spiro atoms. The van der Waals surface area contributed by atoms with E-state index in [-0.39, 0.29) is 6.04 Å². The van der Waals surface area contributed by atoms with Gasteiger partial charge >= 0.3 is 0 Å². The van der Waals surface area contributed by atoms with Gasteiger partial charge in [0.2, 0.25) is 0 Å². The topological polar surface area (TPSA) is 48.4 Å². The lowest BCUT2D eigenvalue weighted by atomic mass is 10.1. The summed E-state index contributed by atoms with van der Waals surface area (Å²) >= 11 is 3.53. The van der Waals surface area contributed by atoms with Crippen LogP contribution in [-0.2, 0) is 0 Å². The molecule has 1 aromatic carbocycles. The van der Waals surface area contributed by atoms with E-state index in [1.165, 1.54) is 0 Å². The Morgan fingerprint density at radius 3 is 2.87 bits per heavy atom. The Labute approximate surface area is 96.3 Å². The molecule has 2 N–H and O–H groups in total. The summed E-state index contributed by atoms with van der Waals surface area (Å²) in [5, 5.41) is 0.988. The van der Waals surface area contributed by atoms with Crippen molar-refractivity contribution in [3.63, 3.8) is 0 Å². The Balaban J connectivity index is 2.79. The Morgan fingerprint density at radius 2 is 2.27 bits per heavy atom. The molecule has 15 heavy (non-hydrogen) atoms. The maximum atomic E-state index is 5.88. The Bertz CT molecular complexity index is 491. The van der Waals surface area contributed by atoms with E-state index in [2.05, 4.69) is 15.9 Å². The highest BCUT2D eigenvalue weighted by Gasteiger charge is 2.15. The molecule has 2 aromatic rings. The number of rotatable bonds is 2. The zero-order valence-corrected chi connectivity index (χ0v) is 10.2. The molecule has 1 unspecified atom stereocenters. The molecule has 0 aliphatic heterocycles. The molecule has 1 heterocycles. The maximum Gasteiger partial charge on any atom is 0.176 e. The van der Waals surface area contributed by atoms with Crippen molar-refractivity contribution in [1.29, 1.82) is 0 Å². The van der Waals surface area contributed by atoms with Gasteiger partial charge in [-0.2, -0.15) is 0 Å². The molecule has 0 saturated carbocycles. The smallest absolute Gasteiger partial charge is 0.176 e. The van der Waals surface area contributed by atoms with Crippen LogP contribution in [0, 0.1) is 0 Å². The van der Waals surface area contributed by atoms with Gasteiger partial charge in [-0.25, -0.2) is 0 Å². The standard InChI is InChI=1S/C11H12BrNO2/c1-6(13)8-5-9(14-2)11-7(10(8)12)3-4-15-11/h3-6H,13H2,1-2H3. The first kappa shape index (κ1) is 10.5. The lowest BCUT2D eigenvalue weighted by molar-refractivity contribution is 0.409. The van der Waals surface area contributed by atoms with Gasteiger partial charge in [0.1, 0.15) is 0 Å². The van der Waals surface area contributed by atoms with Crippen LogP contribution in [0.1, 0.15) is 18.5 Å². The number of nitrogens with two attached hydrogens (primary N) is 1. The number of halogens is 1. The monoisotopic (exact) mass is 269 g/mol. The van der Waals surface area contributed by atoms with Gasteiger partial charge in [-0.3, -0.25) is 0 Å². The molecule has 0 fully saturated rings. The van der Waals surface area contributed by atoms with Crippen LogP contribution in [0.25, 0.3) is 11.0 Å². The van der Waals surface area contributed by atoms with Crippen LogP contribution in [0.3, 0.4) is 0 Å². The number of fused-ring (bicyclic) bond motifs is 1. The number of methoxy groups -OCH3 is 1. The first-order valence-electron chi connectivity index (χ1n) is 4.64. The van der Waals surface area contributed by atoms with E-state index in [0.717, 1.165) is 21.0 Å². The summed E-state index contributed by atoms with van der Waals surface area (Å²) < 4.78 is 11.6. The largest absolute Gasteiger partial charge is 0.493 e. The number of hydrogen-bond donors (Lipinski definition) is 1. The number of benzene rings is 1. The highest BCUT2D eigenvalue weighted by atomic mass is 79.9. The minimum atomic E-state index is -0.0485. The van der Waals surface area contributed by atoms with Crippen LogP contribution in [-0.4, -0.2) is 7.11 Å². The van der Waals surface area contributed by atoms with E-state index in [0.29, 0.717) is 5.75 Å². The molecule has 3 nitrogen and oxygen atoms in total. The predicted molar refractivity (Wildman–Crippen MR) is 63.1 cm³/mol. The SMILES string of the molecule is COc1cc(C(C)N)c(Br)c2ccoc12. The summed E-state index contributed by atoms with van der Waals surface area (Å²) in [7, 11) is 1.62. The van der Waals surface area contributed by atoms with Crippen LogP contribution in [0.15, 0.2) is 27.3 Å². The van der Waals surface area contributed by atoms with Gasteiger partial charge in [-0.15, -0.1) is 0 Å². The fourth-order valence-corrected chi connectivity index (χ4v) is 2.37. The van der Waals surface area contributed by atoms with Crippen molar-refractivity contribution in [2.75, 3.05) is 7.11 Å². The van der Waals surface area contributed by atoms with Crippen LogP contribution in [0.5, 0.6) is 5.75 Å². The highest BCUT2D eigenvalue weighted by molar-refractivity contribution is 9.10. The van der Waals surface area contributed by atoms with Crippen LogP contribution >= 0.6 is 15.9 Å². The fourth-order valence-electron chi connectivity index (χ4n) is 1.58. The third kappa shape index (κ3) is 1.64. The Hall–Kier alpha value is -1.00. The molecule has 1 atom stereocenters. The number of ether oxygens (including phenoxy) is 1. The van der Waals surface area contributed by atoms with Crippen molar-refractivity contribution in [3.05, 3.63) is 28.4 Å². The average molecular weight is 270 g/mol. The van der Waals surface area contributed by atoms with Crippen LogP contribution in [0.2, 0.25) is 0 Å². The Morgan fingerprint density at radius 1 is 1.53 bits per heavy atom. The normalized spacial score (nSPS) is 13.1. The Kier molecular flexibility index (Phi) is 2.71. The van der Waals surface area contributed by atoms with Crippen LogP contribution in [0.4, 0.5) is 0 Å². The van der Waals surface area contributed by atoms with Gasteiger partial charge in [-0.05, 0) is 40.5 Å². The van der Waals surface area contributed by atoms with E-state index in [9.17, 15) is 0 Å².